The van der Waals surface area contributed by atoms with E-state index in [1.54, 1.807) is 13.0 Å². The van der Waals surface area contributed by atoms with E-state index in [4.69, 9.17) is 10.5 Å². The van der Waals surface area contributed by atoms with Crippen LogP contribution in [0.25, 0.3) is 22.3 Å². The van der Waals surface area contributed by atoms with Crippen molar-refractivity contribution in [2.75, 3.05) is 6.54 Å². The van der Waals surface area contributed by atoms with E-state index in [0.29, 0.717) is 16.6 Å². The van der Waals surface area contributed by atoms with Crippen molar-refractivity contribution in [2.45, 2.75) is 38.5 Å². The van der Waals surface area contributed by atoms with Crippen LogP contribution in [0.15, 0.2) is 29.1 Å². The number of aromatic nitrogens is 2. The fraction of sp³-hybridized carbons (Fsp3) is 0.304. The molecule has 0 saturated carbocycles. The third kappa shape index (κ3) is 3.72. The van der Waals surface area contributed by atoms with Crippen molar-refractivity contribution in [1.29, 1.82) is 0 Å². The number of rotatable bonds is 7. The molecule has 178 valence electrons. The number of aliphatic hydroxyl groups excluding tert-OH is 1. The van der Waals surface area contributed by atoms with Crippen molar-refractivity contribution in [1.82, 2.24) is 9.55 Å². The number of hydrogen-bond donors (Lipinski definition) is 3. The maximum atomic E-state index is 13.8. The van der Waals surface area contributed by atoms with Gasteiger partial charge in [0.05, 0.1) is 48.6 Å². The van der Waals surface area contributed by atoms with Crippen LogP contribution in [0.1, 0.15) is 36.5 Å². The Bertz CT molecular complexity index is 1400. The molecule has 0 radical (unpaired) electrons. The van der Waals surface area contributed by atoms with E-state index in [-0.39, 0.29) is 35.3 Å². The minimum atomic E-state index is -1.77. The second-order valence-corrected chi connectivity index (χ2v) is 8.02. The second kappa shape index (κ2) is 8.58. The van der Waals surface area contributed by atoms with Gasteiger partial charge >= 0.3 is 11.9 Å². The van der Waals surface area contributed by atoms with Crippen LogP contribution >= 0.6 is 0 Å². The molecule has 0 amide bonds. The van der Waals surface area contributed by atoms with Crippen LogP contribution in [0.4, 0.5) is 8.78 Å². The lowest BCUT2D eigenvalue weighted by molar-refractivity contribution is -0.165. The molecular weight excluding hydrogens is 452 g/mol. The zero-order chi connectivity index (χ0) is 24.8. The van der Waals surface area contributed by atoms with E-state index >= 15 is 0 Å². The van der Waals surface area contributed by atoms with Crippen molar-refractivity contribution < 1.29 is 33.3 Å². The number of carbonyl (C=O) groups is 2. The lowest BCUT2D eigenvalue weighted by Crippen LogP contribution is -2.40. The van der Waals surface area contributed by atoms with E-state index in [2.05, 4.69) is 4.98 Å². The minimum absolute atomic E-state index is 0.0244. The Hall–Kier alpha value is -3.70. The van der Waals surface area contributed by atoms with Crippen molar-refractivity contribution in [3.63, 3.8) is 0 Å². The number of aliphatic hydroxyl groups is 1. The maximum Gasteiger partial charge on any atom is 0.320 e. The summed E-state index contributed by atoms with van der Waals surface area (Å²) in [6.07, 6.45) is -0.697. The molecule has 4 rings (SSSR count). The first-order chi connectivity index (χ1) is 16.1. The highest BCUT2D eigenvalue weighted by molar-refractivity contribution is 5.84. The van der Waals surface area contributed by atoms with Gasteiger partial charge in [0.15, 0.2) is 11.6 Å². The van der Waals surface area contributed by atoms with E-state index in [1.807, 2.05) is 0 Å². The summed E-state index contributed by atoms with van der Waals surface area (Å²) in [5.41, 5.74) is 4.16. The van der Waals surface area contributed by atoms with Gasteiger partial charge in [-0.05, 0) is 24.6 Å². The number of carboxylic acids is 1. The molecule has 2 aromatic heterocycles. The van der Waals surface area contributed by atoms with Gasteiger partial charge in [0.25, 0.3) is 5.56 Å². The van der Waals surface area contributed by atoms with Crippen LogP contribution in [0.2, 0.25) is 0 Å². The SMILES string of the molecule is CCC(CC(=O)O)(OC(=O)CN)c1cc2n(c(=O)c1CO)Cc1cc3cc(F)c(F)cc3nc1-2. The first-order valence-electron chi connectivity index (χ1n) is 10.4. The second-order valence-electron chi connectivity index (χ2n) is 8.02. The van der Waals surface area contributed by atoms with Gasteiger partial charge in [-0.2, -0.15) is 0 Å². The Labute approximate surface area is 191 Å². The number of nitrogens with two attached hydrogens (primary N) is 1. The molecule has 1 unspecified atom stereocenters. The summed E-state index contributed by atoms with van der Waals surface area (Å²) in [5.74, 6) is -4.28. The molecule has 0 fully saturated rings. The monoisotopic (exact) mass is 473 g/mol. The minimum Gasteiger partial charge on any atom is -0.481 e. The number of fused-ring (bicyclic) bond motifs is 4. The first kappa shape index (κ1) is 23.5. The van der Waals surface area contributed by atoms with Gasteiger partial charge in [-0.25, -0.2) is 13.8 Å². The van der Waals surface area contributed by atoms with Crippen molar-refractivity contribution >= 4 is 22.8 Å². The summed E-state index contributed by atoms with van der Waals surface area (Å²) in [4.78, 5) is 41.5. The van der Waals surface area contributed by atoms with Crippen molar-refractivity contribution in [3.8, 4) is 11.4 Å². The summed E-state index contributed by atoms with van der Waals surface area (Å²) in [5, 5.41) is 19.9. The van der Waals surface area contributed by atoms with Crippen LogP contribution in [-0.2, 0) is 33.1 Å². The number of carbonyl (C=O) groups excluding carboxylic acids is 1. The van der Waals surface area contributed by atoms with Crippen LogP contribution in [0, 0.1) is 11.6 Å². The number of benzene rings is 1. The predicted molar refractivity (Wildman–Crippen MR) is 116 cm³/mol. The highest BCUT2D eigenvalue weighted by atomic mass is 19.2. The van der Waals surface area contributed by atoms with Gasteiger partial charge in [0, 0.05) is 22.6 Å². The molecule has 1 aliphatic rings. The molecule has 11 heteroatoms. The molecule has 9 nitrogen and oxygen atoms in total. The van der Waals surface area contributed by atoms with Crippen molar-refractivity contribution in [3.05, 3.63) is 62.9 Å². The molecule has 34 heavy (non-hydrogen) atoms. The van der Waals surface area contributed by atoms with E-state index < -0.39 is 54.3 Å². The summed E-state index contributed by atoms with van der Waals surface area (Å²) >= 11 is 0. The normalized spacial score (nSPS) is 13.9. The zero-order valence-electron chi connectivity index (χ0n) is 18.1. The average molecular weight is 473 g/mol. The Balaban J connectivity index is 2.00. The molecule has 3 heterocycles. The number of halogens is 2. The van der Waals surface area contributed by atoms with Crippen LogP contribution < -0.4 is 11.3 Å². The molecule has 0 saturated heterocycles. The number of aliphatic carboxylic acids is 1. The molecule has 0 bridgehead atoms. The molecular formula is C23H21F2N3O6. The molecule has 1 atom stereocenters. The Morgan fingerprint density at radius 3 is 2.56 bits per heavy atom. The Kier molecular flexibility index (Phi) is 5.92. The van der Waals surface area contributed by atoms with Gasteiger partial charge in [-0.15, -0.1) is 0 Å². The quantitative estimate of drug-likeness (QED) is 0.345. The molecule has 0 aliphatic carbocycles. The number of carboxylic acid groups (broad SMARTS) is 1. The smallest absolute Gasteiger partial charge is 0.320 e. The standard InChI is InChI=1S/C23H21F2N3O6/c1-2-23(7-19(30)31,34-20(32)8-26)14-5-18-21-12(9-28(18)22(33)13(14)10-29)3-11-4-15(24)16(25)6-17(11)27-21/h3-6,29H,2,7-10,26H2,1H3,(H,30,31). The number of pyridine rings is 2. The molecule has 1 aromatic carbocycles. The van der Waals surface area contributed by atoms with Crippen LogP contribution in [0.3, 0.4) is 0 Å². The van der Waals surface area contributed by atoms with Gasteiger partial charge in [0.2, 0.25) is 0 Å². The van der Waals surface area contributed by atoms with E-state index in [1.165, 1.54) is 10.6 Å². The van der Waals surface area contributed by atoms with Gasteiger partial charge in [-0.3, -0.25) is 14.4 Å². The molecule has 0 spiro atoms. The number of hydrogen-bond acceptors (Lipinski definition) is 7. The largest absolute Gasteiger partial charge is 0.481 e. The van der Waals surface area contributed by atoms with Gasteiger partial charge in [0.1, 0.15) is 5.60 Å². The van der Waals surface area contributed by atoms with Gasteiger partial charge in [-0.1, -0.05) is 6.92 Å². The van der Waals surface area contributed by atoms with E-state index in [0.717, 1.165) is 12.1 Å². The highest BCUT2D eigenvalue weighted by Gasteiger charge is 2.41. The molecule has 1 aliphatic heterocycles. The Morgan fingerprint density at radius 2 is 1.94 bits per heavy atom. The van der Waals surface area contributed by atoms with Crippen LogP contribution in [0.5, 0.6) is 0 Å². The van der Waals surface area contributed by atoms with Crippen LogP contribution in [-0.4, -0.2) is 38.2 Å². The number of ether oxygens (including phenoxy) is 1. The zero-order valence-corrected chi connectivity index (χ0v) is 18.1. The van der Waals surface area contributed by atoms with E-state index in [9.17, 15) is 33.4 Å². The van der Waals surface area contributed by atoms with Crippen molar-refractivity contribution in [2.24, 2.45) is 5.73 Å². The lowest BCUT2D eigenvalue weighted by Gasteiger charge is -2.33. The molecule has 3 aromatic rings. The summed E-state index contributed by atoms with van der Waals surface area (Å²) < 4.78 is 34.3. The highest BCUT2D eigenvalue weighted by Crippen LogP contribution is 2.39. The topological polar surface area (TPSA) is 145 Å². The third-order valence-corrected chi connectivity index (χ3v) is 6.04. The fourth-order valence-corrected chi connectivity index (χ4v) is 4.40. The summed E-state index contributed by atoms with van der Waals surface area (Å²) in [6.45, 7) is 0.380. The predicted octanol–water partition coefficient (Wildman–Crippen LogP) is 1.78. The fourth-order valence-electron chi connectivity index (χ4n) is 4.40. The first-order valence-corrected chi connectivity index (χ1v) is 10.4. The number of nitrogens with zero attached hydrogens (tertiary/aromatic N) is 2. The Morgan fingerprint density at radius 1 is 1.24 bits per heavy atom. The molecule has 4 N–H and O–H groups in total. The summed E-state index contributed by atoms with van der Waals surface area (Å²) in [7, 11) is 0. The average Bonchev–Trinajstić information content (AvgIpc) is 3.15. The summed E-state index contributed by atoms with van der Waals surface area (Å²) in [6, 6.07) is 4.99. The third-order valence-electron chi connectivity index (χ3n) is 6.04. The lowest BCUT2D eigenvalue weighted by atomic mass is 9.84. The number of esters is 1. The van der Waals surface area contributed by atoms with Gasteiger partial charge < -0.3 is 25.3 Å². The maximum absolute atomic E-state index is 13.8.